The summed E-state index contributed by atoms with van der Waals surface area (Å²) in [6.45, 7) is 2.77. The molecule has 0 aromatic carbocycles. The Balaban J connectivity index is 2.35. The van der Waals surface area contributed by atoms with Crippen LogP contribution in [0.2, 0.25) is 0 Å². The monoisotopic (exact) mass is 241 g/mol. The molecule has 1 heterocycles. The first-order valence-electron chi connectivity index (χ1n) is 6.69. The smallest absolute Gasteiger partial charge is 0.326 e. The van der Waals surface area contributed by atoms with Gasteiger partial charge in [-0.3, -0.25) is 4.79 Å². The molecule has 1 aliphatic rings. The number of carboxylic acid groups (broad SMARTS) is 1. The van der Waals surface area contributed by atoms with Gasteiger partial charge in [-0.25, -0.2) is 4.79 Å². The van der Waals surface area contributed by atoms with Crippen LogP contribution in [0.15, 0.2) is 0 Å². The Bertz CT molecular complexity index is 265. The fourth-order valence-electron chi connectivity index (χ4n) is 2.34. The summed E-state index contributed by atoms with van der Waals surface area (Å²) >= 11 is 0. The number of carbonyl (C=O) groups is 2. The van der Waals surface area contributed by atoms with Crippen molar-refractivity contribution in [1.82, 2.24) is 4.90 Å². The minimum atomic E-state index is -0.855. The molecule has 0 aliphatic carbocycles. The molecule has 0 radical (unpaired) electrons. The van der Waals surface area contributed by atoms with Crippen molar-refractivity contribution in [2.45, 2.75) is 64.3 Å². The molecule has 4 heteroatoms. The molecular weight excluding hydrogens is 218 g/mol. The first-order chi connectivity index (χ1) is 8.16. The summed E-state index contributed by atoms with van der Waals surface area (Å²) in [7, 11) is 0. The van der Waals surface area contributed by atoms with Crippen LogP contribution in [0.1, 0.15) is 58.3 Å². The molecule has 1 amide bonds. The van der Waals surface area contributed by atoms with Crippen molar-refractivity contribution >= 4 is 11.9 Å². The number of nitrogens with zero attached hydrogens (tertiary/aromatic N) is 1. The van der Waals surface area contributed by atoms with E-state index < -0.39 is 12.0 Å². The zero-order valence-electron chi connectivity index (χ0n) is 10.7. The molecule has 0 bridgehead atoms. The number of amides is 1. The summed E-state index contributed by atoms with van der Waals surface area (Å²) in [5, 5.41) is 9.07. The molecule has 17 heavy (non-hydrogen) atoms. The number of carbonyl (C=O) groups excluding carboxylic acids is 1. The quantitative estimate of drug-likeness (QED) is 0.696. The molecule has 1 atom stereocenters. The van der Waals surface area contributed by atoms with Crippen molar-refractivity contribution in [2.75, 3.05) is 6.54 Å². The minimum absolute atomic E-state index is 0.0131. The van der Waals surface area contributed by atoms with Crippen LogP contribution >= 0.6 is 0 Å². The van der Waals surface area contributed by atoms with E-state index in [2.05, 4.69) is 6.92 Å². The highest BCUT2D eigenvalue weighted by atomic mass is 16.4. The summed E-state index contributed by atoms with van der Waals surface area (Å²) in [4.78, 5) is 24.3. The zero-order chi connectivity index (χ0) is 12.7. The van der Waals surface area contributed by atoms with Gasteiger partial charge in [0.2, 0.25) is 5.91 Å². The average Bonchev–Trinajstić information content (AvgIpc) is 2.30. The maximum Gasteiger partial charge on any atom is 0.326 e. The van der Waals surface area contributed by atoms with Gasteiger partial charge in [-0.05, 0) is 19.3 Å². The third kappa shape index (κ3) is 4.36. The molecule has 4 nitrogen and oxygen atoms in total. The Kier molecular flexibility index (Phi) is 6.01. The molecule has 98 valence electrons. The molecular formula is C13H23NO3. The fourth-order valence-corrected chi connectivity index (χ4v) is 2.34. The standard InChI is InChI=1S/C13H23NO3/c1-2-3-4-5-6-10-14-11(13(16)17)8-7-9-12(14)15/h11H,2-10H2,1H3,(H,16,17). The van der Waals surface area contributed by atoms with E-state index in [-0.39, 0.29) is 5.91 Å². The van der Waals surface area contributed by atoms with E-state index in [0.717, 1.165) is 12.8 Å². The van der Waals surface area contributed by atoms with E-state index >= 15 is 0 Å². The Morgan fingerprint density at radius 2 is 2.06 bits per heavy atom. The van der Waals surface area contributed by atoms with Crippen LogP contribution in [0.5, 0.6) is 0 Å². The molecule has 1 aliphatic heterocycles. The maximum atomic E-state index is 11.7. The summed E-state index contributed by atoms with van der Waals surface area (Å²) in [5.74, 6) is -0.842. The lowest BCUT2D eigenvalue weighted by Crippen LogP contribution is -2.48. The molecule has 0 saturated carbocycles. The topological polar surface area (TPSA) is 57.6 Å². The number of likely N-dealkylation sites (tertiary alicyclic amines) is 1. The lowest BCUT2D eigenvalue weighted by atomic mass is 10.0. The normalized spacial score (nSPS) is 20.6. The van der Waals surface area contributed by atoms with Gasteiger partial charge in [-0.2, -0.15) is 0 Å². The molecule has 1 N–H and O–H groups in total. The Hall–Kier alpha value is -1.06. The van der Waals surface area contributed by atoms with Crippen molar-refractivity contribution in [3.05, 3.63) is 0 Å². The maximum absolute atomic E-state index is 11.7. The van der Waals surface area contributed by atoms with Crippen molar-refractivity contribution in [1.29, 1.82) is 0 Å². The van der Waals surface area contributed by atoms with E-state index in [4.69, 9.17) is 5.11 Å². The number of carboxylic acids is 1. The lowest BCUT2D eigenvalue weighted by Gasteiger charge is -2.32. The van der Waals surface area contributed by atoms with Gasteiger partial charge in [-0.1, -0.05) is 32.6 Å². The van der Waals surface area contributed by atoms with Crippen molar-refractivity contribution in [3.8, 4) is 0 Å². The van der Waals surface area contributed by atoms with Gasteiger partial charge in [0.1, 0.15) is 6.04 Å². The SMILES string of the molecule is CCCCCCCN1C(=O)CCCC1C(=O)O. The molecule has 1 rings (SSSR count). The first-order valence-corrected chi connectivity index (χ1v) is 6.69. The van der Waals surface area contributed by atoms with E-state index in [0.29, 0.717) is 25.8 Å². The predicted molar refractivity (Wildman–Crippen MR) is 65.7 cm³/mol. The molecule has 1 fully saturated rings. The first kappa shape index (κ1) is 14.0. The van der Waals surface area contributed by atoms with E-state index in [1.54, 1.807) is 4.90 Å². The minimum Gasteiger partial charge on any atom is -0.480 e. The largest absolute Gasteiger partial charge is 0.480 e. The molecule has 0 aromatic heterocycles. The molecule has 0 aromatic rings. The van der Waals surface area contributed by atoms with E-state index in [1.165, 1.54) is 19.3 Å². The zero-order valence-corrected chi connectivity index (χ0v) is 10.7. The van der Waals surface area contributed by atoms with Crippen LogP contribution < -0.4 is 0 Å². The number of rotatable bonds is 7. The van der Waals surface area contributed by atoms with Gasteiger partial charge in [0, 0.05) is 13.0 Å². The third-order valence-electron chi connectivity index (χ3n) is 3.35. The van der Waals surface area contributed by atoms with Gasteiger partial charge in [0.15, 0.2) is 0 Å². The highest BCUT2D eigenvalue weighted by molar-refractivity contribution is 5.84. The summed E-state index contributed by atoms with van der Waals surface area (Å²) < 4.78 is 0. The third-order valence-corrected chi connectivity index (χ3v) is 3.35. The van der Waals surface area contributed by atoms with Crippen molar-refractivity contribution < 1.29 is 14.7 Å². The van der Waals surface area contributed by atoms with Crippen LogP contribution in [-0.2, 0) is 9.59 Å². The number of unbranched alkanes of at least 4 members (excludes halogenated alkanes) is 4. The van der Waals surface area contributed by atoms with Crippen molar-refractivity contribution in [3.63, 3.8) is 0 Å². The Morgan fingerprint density at radius 3 is 2.71 bits per heavy atom. The second kappa shape index (κ2) is 7.30. The Morgan fingerprint density at radius 1 is 1.35 bits per heavy atom. The second-order valence-electron chi connectivity index (χ2n) is 4.75. The van der Waals surface area contributed by atoms with Crippen molar-refractivity contribution in [2.24, 2.45) is 0 Å². The van der Waals surface area contributed by atoms with E-state index in [1.807, 2.05) is 0 Å². The fraction of sp³-hybridized carbons (Fsp3) is 0.846. The van der Waals surface area contributed by atoms with Gasteiger partial charge in [0.05, 0.1) is 0 Å². The number of hydrogen-bond acceptors (Lipinski definition) is 2. The van der Waals surface area contributed by atoms with Crippen LogP contribution in [0.4, 0.5) is 0 Å². The van der Waals surface area contributed by atoms with Crippen LogP contribution in [-0.4, -0.2) is 34.5 Å². The van der Waals surface area contributed by atoms with Crippen LogP contribution in [0.3, 0.4) is 0 Å². The highest BCUT2D eigenvalue weighted by Crippen LogP contribution is 2.19. The van der Waals surface area contributed by atoms with E-state index in [9.17, 15) is 9.59 Å². The van der Waals surface area contributed by atoms with Gasteiger partial charge in [0.25, 0.3) is 0 Å². The highest BCUT2D eigenvalue weighted by Gasteiger charge is 2.32. The van der Waals surface area contributed by atoms with Crippen LogP contribution in [0, 0.1) is 0 Å². The predicted octanol–water partition coefficient (Wildman–Crippen LogP) is 2.42. The second-order valence-corrected chi connectivity index (χ2v) is 4.75. The number of hydrogen-bond donors (Lipinski definition) is 1. The molecule has 1 unspecified atom stereocenters. The van der Waals surface area contributed by atoms with Gasteiger partial charge in [-0.15, -0.1) is 0 Å². The Labute approximate surface area is 103 Å². The van der Waals surface area contributed by atoms with Gasteiger partial charge < -0.3 is 10.0 Å². The number of aliphatic carboxylic acids is 1. The molecule has 1 saturated heterocycles. The van der Waals surface area contributed by atoms with Gasteiger partial charge >= 0.3 is 5.97 Å². The molecule has 0 spiro atoms. The average molecular weight is 241 g/mol. The summed E-state index contributed by atoms with van der Waals surface area (Å²) in [5.41, 5.74) is 0. The lowest BCUT2D eigenvalue weighted by molar-refractivity contribution is -0.153. The summed E-state index contributed by atoms with van der Waals surface area (Å²) in [6.07, 6.45) is 7.43. The summed E-state index contributed by atoms with van der Waals surface area (Å²) in [6, 6.07) is -0.581. The van der Waals surface area contributed by atoms with Crippen LogP contribution in [0.25, 0.3) is 0 Å². The number of piperidine rings is 1.